The van der Waals surface area contributed by atoms with Crippen molar-refractivity contribution in [2.45, 2.75) is 33.0 Å². The molecule has 0 saturated heterocycles. The molecule has 0 saturated carbocycles. The van der Waals surface area contributed by atoms with Crippen molar-refractivity contribution >= 4 is 27.9 Å². The quantitative estimate of drug-likeness (QED) is 0.312. The van der Waals surface area contributed by atoms with E-state index in [2.05, 4.69) is 15.3 Å². The molecule has 0 aliphatic rings. The van der Waals surface area contributed by atoms with Crippen LogP contribution in [0.15, 0.2) is 42.5 Å². The Morgan fingerprint density at radius 1 is 0.971 bits per heavy atom. The minimum Gasteiger partial charge on any atom is -0.494 e. The fourth-order valence-electron chi connectivity index (χ4n) is 3.90. The van der Waals surface area contributed by atoms with E-state index < -0.39 is 11.7 Å². The van der Waals surface area contributed by atoms with Gasteiger partial charge in [-0.25, -0.2) is 4.98 Å². The van der Waals surface area contributed by atoms with Gasteiger partial charge in [-0.2, -0.15) is 18.2 Å². The van der Waals surface area contributed by atoms with Gasteiger partial charge in [0.15, 0.2) is 5.75 Å². The summed E-state index contributed by atoms with van der Waals surface area (Å²) in [6.07, 6.45) is -4.35. The number of anilines is 1. The molecule has 5 nitrogen and oxygen atoms in total. The minimum atomic E-state index is -4.35. The standard InChI is InChI=1S/C25H24F3N3O2S/c1-13-12-16(25(26,27)28)6-7-17(13)21-11-10-20(34-21)14(2)29-19-9-8-18-22(23(19)32-4)24(33-5)31-15(3)30-18/h6-12,14,29H,1-5H3. The molecule has 2 aromatic carbocycles. The highest BCUT2D eigenvalue weighted by Crippen LogP contribution is 2.41. The molecule has 178 valence electrons. The number of hydrogen-bond acceptors (Lipinski definition) is 6. The lowest BCUT2D eigenvalue weighted by atomic mass is 10.0. The van der Waals surface area contributed by atoms with E-state index >= 15 is 0 Å². The van der Waals surface area contributed by atoms with Crippen LogP contribution in [0.4, 0.5) is 18.9 Å². The zero-order valence-electron chi connectivity index (χ0n) is 19.4. The molecule has 4 rings (SSSR count). The molecule has 1 atom stereocenters. The molecule has 0 amide bonds. The van der Waals surface area contributed by atoms with Crippen molar-refractivity contribution in [3.05, 3.63) is 64.3 Å². The molecule has 2 heterocycles. The average molecular weight is 488 g/mol. The van der Waals surface area contributed by atoms with E-state index in [-0.39, 0.29) is 6.04 Å². The first kappa shape index (κ1) is 23.8. The first-order valence-corrected chi connectivity index (χ1v) is 11.4. The number of halogens is 3. The lowest BCUT2D eigenvalue weighted by Crippen LogP contribution is -2.07. The fourth-order valence-corrected chi connectivity index (χ4v) is 5.00. The summed E-state index contributed by atoms with van der Waals surface area (Å²) in [6.45, 7) is 5.51. The van der Waals surface area contributed by atoms with Crippen molar-refractivity contribution in [3.63, 3.8) is 0 Å². The Kier molecular flexibility index (Phi) is 6.40. The summed E-state index contributed by atoms with van der Waals surface area (Å²) >= 11 is 1.53. The van der Waals surface area contributed by atoms with Crippen LogP contribution in [0.2, 0.25) is 0 Å². The summed E-state index contributed by atoms with van der Waals surface area (Å²) in [5.41, 5.74) is 2.21. The van der Waals surface area contributed by atoms with Gasteiger partial charge in [0.05, 0.1) is 37.0 Å². The molecule has 0 aliphatic carbocycles. The second-order valence-corrected chi connectivity index (χ2v) is 9.03. The van der Waals surface area contributed by atoms with Gasteiger partial charge < -0.3 is 14.8 Å². The highest BCUT2D eigenvalue weighted by molar-refractivity contribution is 7.15. The van der Waals surface area contributed by atoms with Crippen molar-refractivity contribution < 1.29 is 22.6 Å². The van der Waals surface area contributed by atoms with E-state index in [1.165, 1.54) is 23.5 Å². The summed E-state index contributed by atoms with van der Waals surface area (Å²) in [6, 6.07) is 11.5. The molecule has 0 spiro atoms. The molecule has 34 heavy (non-hydrogen) atoms. The molecule has 4 aromatic rings. The van der Waals surface area contributed by atoms with Gasteiger partial charge in [-0.05, 0) is 68.3 Å². The Bertz CT molecular complexity index is 1350. The maximum Gasteiger partial charge on any atom is 0.416 e. The normalized spacial score (nSPS) is 12.6. The molecule has 2 aromatic heterocycles. The lowest BCUT2D eigenvalue weighted by molar-refractivity contribution is -0.137. The predicted octanol–water partition coefficient (Wildman–Crippen LogP) is 7.18. The van der Waals surface area contributed by atoms with Crippen molar-refractivity contribution in [3.8, 4) is 22.1 Å². The Hall–Kier alpha value is -3.33. The summed E-state index contributed by atoms with van der Waals surface area (Å²) in [7, 11) is 3.14. The summed E-state index contributed by atoms with van der Waals surface area (Å²) in [4.78, 5) is 10.8. The largest absolute Gasteiger partial charge is 0.494 e. The smallest absolute Gasteiger partial charge is 0.416 e. The van der Waals surface area contributed by atoms with Crippen LogP contribution < -0.4 is 14.8 Å². The van der Waals surface area contributed by atoms with E-state index in [0.29, 0.717) is 28.4 Å². The van der Waals surface area contributed by atoms with E-state index in [1.807, 2.05) is 31.2 Å². The van der Waals surface area contributed by atoms with Crippen LogP contribution >= 0.6 is 11.3 Å². The second kappa shape index (κ2) is 9.13. The number of methoxy groups -OCH3 is 2. The highest BCUT2D eigenvalue weighted by Gasteiger charge is 2.30. The first-order chi connectivity index (χ1) is 16.1. The van der Waals surface area contributed by atoms with E-state index in [1.54, 1.807) is 28.1 Å². The van der Waals surface area contributed by atoms with E-state index in [4.69, 9.17) is 9.47 Å². The number of hydrogen-bond donors (Lipinski definition) is 1. The average Bonchev–Trinajstić information content (AvgIpc) is 3.28. The third kappa shape index (κ3) is 4.52. The van der Waals surface area contributed by atoms with Gasteiger partial charge in [-0.3, -0.25) is 0 Å². The van der Waals surface area contributed by atoms with Crippen molar-refractivity contribution in [2.75, 3.05) is 19.5 Å². The predicted molar refractivity (Wildman–Crippen MR) is 129 cm³/mol. The van der Waals surface area contributed by atoms with E-state index in [0.717, 1.165) is 32.6 Å². The SMILES string of the molecule is COc1nc(C)nc2ccc(NC(C)c3ccc(-c4ccc(C(F)(F)F)cc4C)s3)c(OC)c12. The van der Waals surface area contributed by atoms with Crippen molar-refractivity contribution in [1.29, 1.82) is 0 Å². The summed E-state index contributed by atoms with van der Waals surface area (Å²) in [5.74, 6) is 1.62. The third-order valence-electron chi connectivity index (χ3n) is 5.54. The van der Waals surface area contributed by atoms with Gasteiger partial charge in [0.1, 0.15) is 11.2 Å². The van der Waals surface area contributed by atoms with Gasteiger partial charge >= 0.3 is 6.18 Å². The van der Waals surface area contributed by atoms with Gasteiger partial charge in [-0.15, -0.1) is 11.3 Å². The molecule has 1 N–H and O–H groups in total. The van der Waals surface area contributed by atoms with Crippen LogP contribution in [0.5, 0.6) is 11.6 Å². The van der Waals surface area contributed by atoms with E-state index in [9.17, 15) is 13.2 Å². The molecular formula is C25H24F3N3O2S. The number of benzene rings is 2. The zero-order valence-corrected chi connectivity index (χ0v) is 20.2. The lowest BCUT2D eigenvalue weighted by Gasteiger charge is -2.18. The number of nitrogens with zero attached hydrogens (tertiary/aromatic N) is 2. The molecule has 0 fully saturated rings. The number of fused-ring (bicyclic) bond motifs is 1. The third-order valence-corrected chi connectivity index (χ3v) is 6.84. The minimum absolute atomic E-state index is 0.0859. The van der Waals surface area contributed by atoms with Crippen molar-refractivity contribution in [1.82, 2.24) is 9.97 Å². The van der Waals surface area contributed by atoms with Gasteiger partial charge in [0.2, 0.25) is 5.88 Å². The van der Waals surface area contributed by atoms with Gasteiger partial charge in [-0.1, -0.05) is 6.07 Å². The van der Waals surface area contributed by atoms with Crippen LogP contribution in [0.25, 0.3) is 21.3 Å². The number of aryl methyl sites for hydroxylation is 2. The van der Waals surface area contributed by atoms with Crippen molar-refractivity contribution in [2.24, 2.45) is 0 Å². The summed E-state index contributed by atoms with van der Waals surface area (Å²) in [5, 5.41) is 4.15. The molecule has 1 unspecified atom stereocenters. The van der Waals surface area contributed by atoms with Crippen LogP contribution in [0.3, 0.4) is 0 Å². The van der Waals surface area contributed by atoms with Crippen LogP contribution in [0.1, 0.15) is 34.8 Å². The zero-order chi connectivity index (χ0) is 24.6. The first-order valence-electron chi connectivity index (χ1n) is 10.6. The summed E-state index contributed by atoms with van der Waals surface area (Å²) < 4.78 is 50.2. The monoisotopic (exact) mass is 487 g/mol. The van der Waals surface area contributed by atoms with Crippen LogP contribution in [-0.2, 0) is 6.18 Å². The van der Waals surface area contributed by atoms with Crippen LogP contribution in [-0.4, -0.2) is 24.2 Å². The second-order valence-electron chi connectivity index (χ2n) is 7.92. The number of alkyl halides is 3. The Labute approximate surface area is 199 Å². The number of aromatic nitrogens is 2. The van der Waals surface area contributed by atoms with Gasteiger partial charge in [0.25, 0.3) is 0 Å². The maximum absolute atomic E-state index is 13.0. The Morgan fingerprint density at radius 2 is 1.74 bits per heavy atom. The fraction of sp³-hybridized carbons (Fsp3) is 0.280. The number of nitrogens with one attached hydrogen (secondary N) is 1. The Balaban J connectivity index is 1.64. The molecular weight excluding hydrogens is 463 g/mol. The molecule has 0 radical (unpaired) electrons. The number of rotatable bonds is 6. The molecule has 0 aliphatic heterocycles. The maximum atomic E-state index is 13.0. The molecule has 9 heteroatoms. The Morgan fingerprint density at radius 3 is 2.38 bits per heavy atom. The molecule has 0 bridgehead atoms. The number of thiophene rings is 1. The topological polar surface area (TPSA) is 56.3 Å². The van der Waals surface area contributed by atoms with Crippen LogP contribution in [0, 0.1) is 13.8 Å². The van der Waals surface area contributed by atoms with Gasteiger partial charge in [0, 0.05) is 9.75 Å². The highest BCUT2D eigenvalue weighted by atomic mass is 32.1. The number of ether oxygens (including phenoxy) is 2.